The molecular weight excluding hydrogens is 228 g/mol. The quantitative estimate of drug-likeness (QED) is 0.808. The van der Waals surface area contributed by atoms with Crippen molar-refractivity contribution in [3.05, 3.63) is 29.8 Å². The van der Waals surface area contributed by atoms with Gasteiger partial charge in [-0.25, -0.2) is 0 Å². The molecule has 2 atom stereocenters. The number of carbonyl (C=O) groups excluding carboxylic acids is 1. The number of para-hydroxylation sites is 1. The molecule has 0 aliphatic carbocycles. The van der Waals surface area contributed by atoms with E-state index >= 15 is 0 Å². The highest BCUT2D eigenvalue weighted by Crippen LogP contribution is 2.36. The SMILES string of the molecule is CN1CCC(N2CCC(O)c3ccccc32)C1=O. The summed E-state index contributed by atoms with van der Waals surface area (Å²) in [5.41, 5.74) is 1.97. The maximum Gasteiger partial charge on any atom is 0.245 e. The molecule has 1 aromatic carbocycles. The maximum absolute atomic E-state index is 12.1. The zero-order valence-corrected chi connectivity index (χ0v) is 10.5. The van der Waals surface area contributed by atoms with Gasteiger partial charge in [-0.05, 0) is 18.9 Å². The lowest BCUT2D eigenvalue weighted by Crippen LogP contribution is -2.44. The lowest BCUT2D eigenvalue weighted by atomic mass is 9.97. The van der Waals surface area contributed by atoms with Crippen LogP contribution in [-0.2, 0) is 4.79 Å². The number of hydrogen-bond donors (Lipinski definition) is 1. The van der Waals surface area contributed by atoms with E-state index in [1.165, 1.54) is 0 Å². The van der Waals surface area contributed by atoms with Crippen LogP contribution in [0.1, 0.15) is 24.5 Å². The fourth-order valence-electron chi connectivity index (χ4n) is 2.99. The second kappa shape index (κ2) is 4.28. The minimum absolute atomic E-state index is 0.0522. The number of amides is 1. The summed E-state index contributed by atoms with van der Waals surface area (Å²) in [4.78, 5) is 16.1. The van der Waals surface area contributed by atoms with Crippen molar-refractivity contribution in [1.29, 1.82) is 0 Å². The fourth-order valence-corrected chi connectivity index (χ4v) is 2.99. The molecular formula is C14H18N2O2. The molecule has 1 saturated heterocycles. The van der Waals surface area contributed by atoms with Gasteiger partial charge in [0.25, 0.3) is 0 Å². The van der Waals surface area contributed by atoms with Gasteiger partial charge in [-0.1, -0.05) is 18.2 Å². The number of nitrogens with zero attached hydrogens (tertiary/aromatic N) is 2. The number of rotatable bonds is 1. The number of fused-ring (bicyclic) bond motifs is 1. The smallest absolute Gasteiger partial charge is 0.245 e. The Morgan fingerprint density at radius 2 is 2.00 bits per heavy atom. The maximum atomic E-state index is 12.1. The van der Waals surface area contributed by atoms with Crippen LogP contribution in [0.5, 0.6) is 0 Å². The molecule has 1 amide bonds. The second-order valence-electron chi connectivity index (χ2n) is 5.12. The zero-order valence-electron chi connectivity index (χ0n) is 10.5. The molecule has 4 heteroatoms. The van der Waals surface area contributed by atoms with Gasteiger partial charge in [0.05, 0.1) is 6.10 Å². The third-order valence-corrected chi connectivity index (χ3v) is 4.02. The van der Waals surface area contributed by atoms with Gasteiger partial charge >= 0.3 is 0 Å². The number of hydrogen-bond acceptors (Lipinski definition) is 3. The van der Waals surface area contributed by atoms with Crippen LogP contribution in [0, 0.1) is 0 Å². The lowest BCUT2D eigenvalue weighted by molar-refractivity contribution is -0.127. The van der Waals surface area contributed by atoms with Crippen LogP contribution in [0.15, 0.2) is 24.3 Å². The molecule has 96 valence electrons. The summed E-state index contributed by atoms with van der Waals surface area (Å²) in [6, 6.07) is 7.81. The Bertz CT molecular complexity index is 475. The Hall–Kier alpha value is -1.55. The molecule has 2 heterocycles. The minimum atomic E-state index is -0.397. The van der Waals surface area contributed by atoms with E-state index in [0.717, 1.165) is 30.8 Å². The van der Waals surface area contributed by atoms with Crippen LogP contribution in [0.4, 0.5) is 5.69 Å². The molecule has 0 bridgehead atoms. The summed E-state index contributed by atoms with van der Waals surface area (Å²) in [6.07, 6.45) is 1.18. The van der Waals surface area contributed by atoms with Crippen LogP contribution in [0.2, 0.25) is 0 Å². The van der Waals surface area contributed by atoms with Crippen LogP contribution < -0.4 is 4.90 Å². The predicted octanol–water partition coefficient (Wildman–Crippen LogP) is 1.16. The van der Waals surface area contributed by atoms with E-state index in [1.54, 1.807) is 4.90 Å². The number of likely N-dealkylation sites (N-methyl/N-ethyl adjacent to an activating group) is 1. The largest absolute Gasteiger partial charge is 0.388 e. The Kier molecular flexibility index (Phi) is 2.74. The van der Waals surface area contributed by atoms with Crippen molar-refractivity contribution < 1.29 is 9.90 Å². The molecule has 18 heavy (non-hydrogen) atoms. The summed E-state index contributed by atoms with van der Waals surface area (Å²) < 4.78 is 0. The van der Waals surface area contributed by atoms with Gasteiger partial charge < -0.3 is 14.9 Å². The average Bonchev–Trinajstić information content (AvgIpc) is 2.71. The number of anilines is 1. The molecule has 2 unspecified atom stereocenters. The van der Waals surface area contributed by atoms with Crippen LogP contribution in [0.25, 0.3) is 0 Å². The molecule has 0 saturated carbocycles. The number of aliphatic hydroxyl groups excluding tert-OH is 1. The monoisotopic (exact) mass is 246 g/mol. The first-order chi connectivity index (χ1) is 8.68. The van der Waals surface area contributed by atoms with Crippen LogP contribution >= 0.6 is 0 Å². The van der Waals surface area contributed by atoms with Gasteiger partial charge in [0.2, 0.25) is 5.91 Å². The van der Waals surface area contributed by atoms with Crippen LogP contribution in [-0.4, -0.2) is 42.1 Å². The standard InChI is InChI=1S/C14H18N2O2/c1-15-8-6-12(14(15)18)16-9-7-13(17)10-4-2-3-5-11(10)16/h2-5,12-13,17H,6-9H2,1H3. The fraction of sp³-hybridized carbons (Fsp3) is 0.500. The van der Waals surface area contributed by atoms with Gasteiger partial charge in [0, 0.05) is 31.4 Å². The van der Waals surface area contributed by atoms with E-state index in [9.17, 15) is 9.90 Å². The Morgan fingerprint density at radius 1 is 1.22 bits per heavy atom. The van der Waals surface area contributed by atoms with E-state index in [0.29, 0.717) is 6.42 Å². The third kappa shape index (κ3) is 1.68. The number of carbonyl (C=O) groups is 1. The first kappa shape index (κ1) is 11.5. The molecule has 1 aromatic rings. The Morgan fingerprint density at radius 3 is 2.72 bits per heavy atom. The molecule has 2 aliphatic rings. The average molecular weight is 246 g/mol. The summed E-state index contributed by atoms with van der Waals surface area (Å²) in [7, 11) is 1.85. The third-order valence-electron chi connectivity index (χ3n) is 4.02. The first-order valence-electron chi connectivity index (χ1n) is 6.47. The first-order valence-corrected chi connectivity index (χ1v) is 6.47. The number of benzene rings is 1. The zero-order chi connectivity index (χ0) is 12.7. The summed E-state index contributed by atoms with van der Waals surface area (Å²) in [6.45, 7) is 1.58. The van der Waals surface area contributed by atoms with E-state index in [-0.39, 0.29) is 11.9 Å². The molecule has 0 aromatic heterocycles. The summed E-state index contributed by atoms with van der Waals surface area (Å²) >= 11 is 0. The molecule has 3 rings (SSSR count). The van der Waals surface area contributed by atoms with Gasteiger partial charge in [-0.15, -0.1) is 0 Å². The minimum Gasteiger partial charge on any atom is -0.388 e. The van der Waals surface area contributed by atoms with Gasteiger partial charge in [0.1, 0.15) is 6.04 Å². The van der Waals surface area contributed by atoms with Crippen molar-refractivity contribution in [3.8, 4) is 0 Å². The van der Waals surface area contributed by atoms with Crippen molar-refractivity contribution in [3.63, 3.8) is 0 Å². The number of likely N-dealkylation sites (tertiary alicyclic amines) is 1. The van der Waals surface area contributed by atoms with Crippen molar-refractivity contribution in [1.82, 2.24) is 4.90 Å². The van der Waals surface area contributed by atoms with Gasteiger partial charge in [-0.3, -0.25) is 4.79 Å². The molecule has 2 aliphatic heterocycles. The second-order valence-corrected chi connectivity index (χ2v) is 5.12. The highest BCUT2D eigenvalue weighted by molar-refractivity contribution is 5.87. The van der Waals surface area contributed by atoms with E-state index in [2.05, 4.69) is 4.90 Å². The van der Waals surface area contributed by atoms with Crippen molar-refractivity contribution >= 4 is 11.6 Å². The van der Waals surface area contributed by atoms with Gasteiger partial charge in [0.15, 0.2) is 0 Å². The lowest BCUT2D eigenvalue weighted by Gasteiger charge is -2.37. The number of aliphatic hydroxyl groups is 1. The van der Waals surface area contributed by atoms with Crippen molar-refractivity contribution in [2.45, 2.75) is 25.0 Å². The predicted molar refractivity (Wildman–Crippen MR) is 69.4 cm³/mol. The Labute approximate surface area is 107 Å². The highest BCUT2D eigenvalue weighted by Gasteiger charge is 2.37. The van der Waals surface area contributed by atoms with Crippen molar-refractivity contribution in [2.24, 2.45) is 0 Å². The molecule has 1 N–H and O–H groups in total. The topological polar surface area (TPSA) is 43.8 Å². The van der Waals surface area contributed by atoms with Crippen molar-refractivity contribution in [2.75, 3.05) is 25.0 Å². The summed E-state index contributed by atoms with van der Waals surface area (Å²) in [5, 5.41) is 10.0. The highest BCUT2D eigenvalue weighted by atomic mass is 16.3. The molecule has 4 nitrogen and oxygen atoms in total. The van der Waals surface area contributed by atoms with E-state index < -0.39 is 6.10 Å². The normalized spacial score (nSPS) is 27.6. The van der Waals surface area contributed by atoms with Gasteiger partial charge in [-0.2, -0.15) is 0 Å². The Balaban J connectivity index is 1.95. The molecule has 0 spiro atoms. The van der Waals surface area contributed by atoms with Crippen LogP contribution in [0.3, 0.4) is 0 Å². The van der Waals surface area contributed by atoms with E-state index in [4.69, 9.17) is 0 Å². The summed E-state index contributed by atoms with van der Waals surface area (Å²) in [5.74, 6) is 0.196. The molecule has 0 radical (unpaired) electrons. The molecule has 1 fully saturated rings. The van der Waals surface area contributed by atoms with E-state index in [1.807, 2.05) is 31.3 Å².